The second-order valence-electron chi connectivity index (χ2n) is 5.45. The Morgan fingerprint density at radius 1 is 1.48 bits per heavy atom. The van der Waals surface area contributed by atoms with Crippen LogP contribution in [0.3, 0.4) is 0 Å². The van der Waals surface area contributed by atoms with Crippen LogP contribution in [-0.4, -0.2) is 28.0 Å². The highest BCUT2D eigenvalue weighted by atomic mass is 16.4. The number of nitrogens with two attached hydrogens (primary N) is 1. The van der Waals surface area contributed by atoms with Crippen molar-refractivity contribution in [2.24, 2.45) is 16.8 Å². The van der Waals surface area contributed by atoms with E-state index in [4.69, 9.17) is 10.9 Å². The van der Waals surface area contributed by atoms with E-state index in [1.807, 2.05) is 0 Å². The van der Waals surface area contributed by atoms with Gasteiger partial charge in [0.2, 0.25) is 0 Å². The minimum absolute atomic E-state index is 0.0206. The number of carbonyl (C=O) groups is 1. The molecular formula is C15H22N4O2. The van der Waals surface area contributed by atoms with E-state index in [0.717, 1.165) is 19.3 Å². The number of amidine groups is 1. The minimum Gasteiger partial charge on any atom is -0.409 e. The summed E-state index contributed by atoms with van der Waals surface area (Å²) in [4.78, 5) is 16.3. The fourth-order valence-electron chi connectivity index (χ4n) is 2.87. The molecule has 0 aliphatic heterocycles. The molecule has 6 heteroatoms. The number of carbonyl (C=O) groups excluding carboxylic acids is 1. The van der Waals surface area contributed by atoms with Gasteiger partial charge < -0.3 is 16.3 Å². The number of hydrogen-bond acceptors (Lipinski definition) is 4. The molecule has 2 rings (SSSR count). The van der Waals surface area contributed by atoms with E-state index in [1.54, 1.807) is 12.1 Å². The van der Waals surface area contributed by atoms with Crippen molar-refractivity contribution >= 4 is 11.7 Å². The van der Waals surface area contributed by atoms with Crippen LogP contribution in [0, 0.1) is 5.92 Å². The lowest BCUT2D eigenvalue weighted by atomic mass is 9.83. The fourth-order valence-corrected chi connectivity index (χ4v) is 2.87. The molecule has 114 valence electrons. The first-order chi connectivity index (χ1) is 10.2. The molecule has 1 aliphatic rings. The maximum atomic E-state index is 12.2. The van der Waals surface area contributed by atoms with Gasteiger partial charge in [-0.05, 0) is 30.9 Å². The Balaban J connectivity index is 2.02. The zero-order valence-corrected chi connectivity index (χ0v) is 12.2. The van der Waals surface area contributed by atoms with Gasteiger partial charge in [0.05, 0.1) is 0 Å². The number of rotatable bonds is 4. The van der Waals surface area contributed by atoms with Crippen LogP contribution in [0.25, 0.3) is 0 Å². The van der Waals surface area contributed by atoms with Crippen molar-refractivity contribution < 1.29 is 10.0 Å². The van der Waals surface area contributed by atoms with Gasteiger partial charge in [-0.15, -0.1) is 0 Å². The molecule has 0 aromatic carbocycles. The summed E-state index contributed by atoms with van der Waals surface area (Å²) < 4.78 is 0. The normalized spacial score (nSPS) is 22.8. The van der Waals surface area contributed by atoms with Gasteiger partial charge in [-0.3, -0.25) is 9.78 Å². The number of nitrogens with zero attached hydrogens (tertiary/aromatic N) is 2. The molecule has 4 N–H and O–H groups in total. The summed E-state index contributed by atoms with van der Waals surface area (Å²) in [5, 5.41) is 14.6. The molecule has 1 heterocycles. The van der Waals surface area contributed by atoms with Crippen LogP contribution < -0.4 is 11.1 Å². The van der Waals surface area contributed by atoms with E-state index >= 15 is 0 Å². The zero-order valence-electron chi connectivity index (χ0n) is 12.2. The molecule has 1 aromatic heterocycles. The molecule has 6 nitrogen and oxygen atoms in total. The molecule has 0 bridgehead atoms. The van der Waals surface area contributed by atoms with Gasteiger partial charge in [-0.2, -0.15) is 0 Å². The lowest BCUT2D eigenvalue weighted by molar-refractivity contribution is 0.0899. The summed E-state index contributed by atoms with van der Waals surface area (Å²) >= 11 is 0. The van der Waals surface area contributed by atoms with E-state index in [2.05, 4.69) is 22.4 Å². The highest BCUT2D eigenvalue weighted by Gasteiger charge is 2.25. The molecule has 1 aromatic rings. The van der Waals surface area contributed by atoms with Crippen LogP contribution >= 0.6 is 0 Å². The maximum absolute atomic E-state index is 12.2. The highest BCUT2D eigenvalue weighted by molar-refractivity contribution is 5.98. The number of amides is 1. The average molecular weight is 290 g/mol. The van der Waals surface area contributed by atoms with E-state index in [9.17, 15) is 4.79 Å². The predicted octanol–water partition coefficient (Wildman–Crippen LogP) is 1.87. The van der Waals surface area contributed by atoms with Gasteiger partial charge in [-0.25, -0.2) is 0 Å². The number of aromatic nitrogens is 1. The summed E-state index contributed by atoms with van der Waals surface area (Å²) in [5.74, 6) is 0.373. The Bertz CT molecular complexity index is 513. The van der Waals surface area contributed by atoms with Crippen molar-refractivity contribution in [2.45, 2.75) is 45.1 Å². The average Bonchev–Trinajstić information content (AvgIpc) is 2.54. The van der Waals surface area contributed by atoms with Gasteiger partial charge >= 0.3 is 0 Å². The maximum Gasteiger partial charge on any atom is 0.270 e. The first-order valence-corrected chi connectivity index (χ1v) is 7.40. The van der Waals surface area contributed by atoms with Gasteiger partial charge in [-0.1, -0.05) is 31.3 Å². The van der Waals surface area contributed by atoms with Gasteiger partial charge in [0.15, 0.2) is 5.84 Å². The van der Waals surface area contributed by atoms with Gasteiger partial charge in [0.25, 0.3) is 5.91 Å². The van der Waals surface area contributed by atoms with Crippen molar-refractivity contribution in [3.63, 3.8) is 0 Å². The van der Waals surface area contributed by atoms with E-state index in [-0.39, 0.29) is 17.8 Å². The van der Waals surface area contributed by atoms with E-state index in [0.29, 0.717) is 17.2 Å². The lowest BCUT2D eigenvalue weighted by Gasteiger charge is -2.31. The predicted molar refractivity (Wildman–Crippen MR) is 80.3 cm³/mol. The second kappa shape index (κ2) is 7.06. The molecule has 0 saturated heterocycles. The molecule has 0 radical (unpaired) electrons. The molecule has 0 spiro atoms. The minimum atomic E-state index is -0.161. The third kappa shape index (κ3) is 3.71. The fraction of sp³-hybridized carbons (Fsp3) is 0.533. The molecule has 2 atom stereocenters. The second-order valence-corrected chi connectivity index (χ2v) is 5.45. The van der Waals surface area contributed by atoms with E-state index < -0.39 is 0 Å². The van der Waals surface area contributed by atoms with Crippen molar-refractivity contribution in [1.29, 1.82) is 0 Å². The van der Waals surface area contributed by atoms with Crippen LogP contribution in [0.2, 0.25) is 0 Å². The van der Waals surface area contributed by atoms with Crippen LogP contribution in [0.1, 0.15) is 55.1 Å². The van der Waals surface area contributed by atoms with Gasteiger partial charge in [0, 0.05) is 17.8 Å². The lowest BCUT2D eigenvalue weighted by Crippen LogP contribution is -2.42. The highest BCUT2D eigenvalue weighted by Crippen LogP contribution is 2.26. The standard InChI is InChI=1S/C15H22N4O2/c1-2-10-5-3-4-6-12(10)18-15(20)13-8-7-11(9-17-13)14(16)19-21/h7-10,12,21H,2-6H2,1H3,(H2,16,19)(H,18,20). The van der Waals surface area contributed by atoms with Gasteiger partial charge in [0.1, 0.15) is 5.69 Å². The molecule has 1 fully saturated rings. The Kier molecular flexibility index (Phi) is 5.14. The largest absolute Gasteiger partial charge is 0.409 e. The number of oxime groups is 1. The van der Waals surface area contributed by atoms with Crippen molar-refractivity contribution in [2.75, 3.05) is 0 Å². The molecule has 2 unspecified atom stereocenters. The molecule has 21 heavy (non-hydrogen) atoms. The Morgan fingerprint density at radius 2 is 2.24 bits per heavy atom. The third-order valence-electron chi connectivity index (χ3n) is 4.15. The van der Waals surface area contributed by atoms with E-state index in [1.165, 1.54) is 19.0 Å². The zero-order chi connectivity index (χ0) is 15.2. The first-order valence-electron chi connectivity index (χ1n) is 7.40. The third-order valence-corrected chi connectivity index (χ3v) is 4.15. The van der Waals surface area contributed by atoms with Crippen molar-refractivity contribution in [3.05, 3.63) is 29.6 Å². The molecule has 1 saturated carbocycles. The van der Waals surface area contributed by atoms with Crippen LogP contribution in [-0.2, 0) is 0 Å². The summed E-state index contributed by atoms with van der Waals surface area (Å²) in [6.07, 6.45) is 7.14. The molecule has 1 amide bonds. The smallest absolute Gasteiger partial charge is 0.270 e. The Morgan fingerprint density at radius 3 is 2.86 bits per heavy atom. The Hall–Kier alpha value is -2.11. The number of nitrogens with one attached hydrogen (secondary N) is 1. The monoisotopic (exact) mass is 290 g/mol. The molecule has 1 aliphatic carbocycles. The van der Waals surface area contributed by atoms with Crippen LogP contribution in [0.15, 0.2) is 23.5 Å². The topological polar surface area (TPSA) is 101 Å². The number of pyridine rings is 1. The number of hydrogen-bond donors (Lipinski definition) is 3. The summed E-state index contributed by atoms with van der Waals surface area (Å²) in [6.45, 7) is 2.17. The quantitative estimate of drug-likeness (QED) is 0.341. The van der Waals surface area contributed by atoms with Crippen LogP contribution in [0.5, 0.6) is 0 Å². The SMILES string of the molecule is CCC1CCCCC1NC(=O)c1ccc(C(N)=NO)cn1. The summed E-state index contributed by atoms with van der Waals surface area (Å²) in [7, 11) is 0. The first kappa shape index (κ1) is 15.3. The Labute approximate surface area is 124 Å². The molecular weight excluding hydrogens is 268 g/mol. The van der Waals surface area contributed by atoms with Crippen molar-refractivity contribution in [1.82, 2.24) is 10.3 Å². The summed E-state index contributed by atoms with van der Waals surface area (Å²) in [5.41, 5.74) is 6.30. The summed E-state index contributed by atoms with van der Waals surface area (Å²) in [6, 6.07) is 3.45. The van der Waals surface area contributed by atoms with Crippen molar-refractivity contribution in [3.8, 4) is 0 Å². The van der Waals surface area contributed by atoms with Crippen LogP contribution in [0.4, 0.5) is 0 Å².